The van der Waals surface area contributed by atoms with E-state index in [0.717, 1.165) is 22.6 Å². The normalized spacial score (nSPS) is 8.67. The average Bonchev–Trinajstić information content (AvgIpc) is 2.63. The van der Waals surface area contributed by atoms with Crippen LogP contribution in [0.4, 0.5) is 0 Å². The summed E-state index contributed by atoms with van der Waals surface area (Å²) in [5.74, 6) is 0.937. The first-order valence-corrected chi connectivity index (χ1v) is 5.55. The minimum Gasteiger partial charge on any atom is -0.341 e. The van der Waals surface area contributed by atoms with Gasteiger partial charge in [0, 0.05) is 5.69 Å². The molecule has 0 aliphatic heterocycles. The molecule has 0 radical (unpaired) electrons. The summed E-state index contributed by atoms with van der Waals surface area (Å²) in [7, 11) is 0. The van der Waals surface area contributed by atoms with E-state index in [-0.39, 0.29) is 0 Å². The first-order chi connectivity index (χ1) is 7.25. The van der Waals surface area contributed by atoms with Gasteiger partial charge in [-0.25, -0.2) is 4.98 Å². The molecule has 3 heteroatoms. The molecule has 2 aromatic heterocycles. The highest BCUT2D eigenvalue weighted by Crippen LogP contribution is 2.09. The number of fused-ring (bicyclic) bond motifs is 1. The summed E-state index contributed by atoms with van der Waals surface area (Å²) in [6.07, 6.45) is 1.81. The molecule has 0 fully saturated rings. The largest absolute Gasteiger partial charge is 0.341 e. The molecule has 0 saturated carbocycles. The van der Waals surface area contributed by atoms with Crippen molar-refractivity contribution in [3.63, 3.8) is 0 Å². The maximum absolute atomic E-state index is 4.28. The molecule has 2 aromatic rings. The molecule has 2 heterocycles. The van der Waals surface area contributed by atoms with Crippen LogP contribution < -0.4 is 0 Å². The molecule has 0 bridgehead atoms. The molecule has 0 spiro atoms. The quantitative estimate of drug-likeness (QED) is 0.716. The number of hydrogen-bond donors (Lipinski definition) is 1. The van der Waals surface area contributed by atoms with Gasteiger partial charge in [-0.3, -0.25) is 4.98 Å². The van der Waals surface area contributed by atoms with Crippen molar-refractivity contribution in [3.05, 3.63) is 23.8 Å². The van der Waals surface area contributed by atoms with Crippen molar-refractivity contribution in [2.75, 3.05) is 0 Å². The third-order valence-corrected chi connectivity index (χ3v) is 1.62. The molecule has 0 amide bonds. The predicted molar refractivity (Wildman–Crippen MR) is 66.1 cm³/mol. The Kier molecular flexibility index (Phi) is 6.34. The Balaban J connectivity index is 0.000000442. The van der Waals surface area contributed by atoms with Crippen LogP contribution in [-0.4, -0.2) is 15.0 Å². The van der Waals surface area contributed by atoms with E-state index in [1.165, 1.54) is 0 Å². The second-order valence-electron chi connectivity index (χ2n) is 2.67. The summed E-state index contributed by atoms with van der Waals surface area (Å²) in [6.45, 7) is 11.9. The van der Waals surface area contributed by atoms with Crippen molar-refractivity contribution >= 4 is 11.0 Å². The van der Waals surface area contributed by atoms with E-state index in [1.807, 2.05) is 53.8 Å². The van der Waals surface area contributed by atoms with E-state index in [1.54, 1.807) is 0 Å². The molecule has 15 heavy (non-hydrogen) atoms. The average molecular weight is 207 g/mol. The third kappa shape index (κ3) is 3.70. The number of rotatable bonds is 0. The van der Waals surface area contributed by atoms with Gasteiger partial charge in [0.1, 0.15) is 5.82 Å². The van der Waals surface area contributed by atoms with Gasteiger partial charge in [-0.05, 0) is 19.9 Å². The van der Waals surface area contributed by atoms with Gasteiger partial charge in [-0.15, -0.1) is 0 Å². The predicted octanol–water partition coefficient (Wildman–Crippen LogP) is 3.63. The number of aryl methyl sites for hydroxylation is 2. The van der Waals surface area contributed by atoms with Crippen LogP contribution in [0.15, 0.2) is 12.3 Å². The van der Waals surface area contributed by atoms with Gasteiger partial charge >= 0.3 is 0 Å². The Morgan fingerprint density at radius 1 is 1.07 bits per heavy atom. The minimum absolute atomic E-state index is 0.937. The monoisotopic (exact) mass is 207 g/mol. The zero-order valence-corrected chi connectivity index (χ0v) is 10.5. The fourth-order valence-corrected chi connectivity index (χ4v) is 1.14. The standard InChI is InChI=1S/C8H9N3.2C2H6/c1-5-3-7-8(4-9-5)11-6(2)10-7;2*1-2/h3-4H,1-2H3,(H,10,11);2*1-2H3. The molecule has 0 unspecified atom stereocenters. The molecule has 0 atom stereocenters. The van der Waals surface area contributed by atoms with Gasteiger partial charge < -0.3 is 4.98 Å². The summed E-state index contributed by atoms with van der Waals surface area (Å²) >= 11 is 0. The molecule has 3 nitrogen and oxygen atoms in total. The topological polar surface area (TPSA) is 41.6 Å². The van der Waals surface area contributed by atoms with Crippen molar-refractivity contribution < 1.29 is 0 Å². The second-order valence-corrected chi connectivity index (χ2v) is 2.67. The first-order valence-electron chi connectivity index (χ1n) is 5.55. The van der Waals surface area contributed by atoms with Gasteiger partial charge in [0.15, 0.2) is 0 Å². The van der Waals surface area contributed by atoms with Crippen molar-refractivity contribution in [2.24, 2.45) is 0 Å². The van der Waals surface area contributed by atoms with Gasteiger partial charge in [0.25, 0.3) is 0 Å². The van der Waals surface area contributed by atoms with Crippen LogP contribution in [0, 0.1) is 13.8 Å². The highest BCUT2D eigenvalue weighted by Gasteiger charge is 1.97. The minimum atomic E-state index is 0.937. The number of nitrogens with zero attached hydrogens (tertiary/aromatic N) is 2. The molecule has 84 valence electrons. The van der Waals surface area contributed by atoms with Crippen LogP contribution in [0.3, 0.4) is 0 Å². The van der Waals surface area contributed by atoms with Crippen LogP contribution in [-0.2, 0) is 0 Å². The Labute approximate surface area is 92.0 Å². The molecular formula is C12H21N3. The number of aromatic amines is 1. The molecule has 2 rings (SSSR count). The molecule has 0 aromatic carbocycles. The second kappa shape index (κ2) is 6.98. The first kappa shape index (κ1) is 13.6. The zero-order chi connectivity index (χ0) is 11.8. The van der Waals surface area contributed by atoms with Crippen LogP contribution in [0.5, 0.6) is 0 Å². The summed E-state index contributed by atoms with van der Waals surface area (Å²) in [4.78, 5) is 11.5. The molecule has 0 aliphatic carbocycles. The number of nitrogens with one attached hydrogen (secondary N) is 1. The van der Waals surface area contributed by atoms with Gasteiger partial charge in [0.05, 0.1) is 17.2 Å². The van der Waals surface area contributed by atoms with Crippen molar-refractivity contribution in [1.29, 1.82) is 0 Å². The van der Waals surface area contributed by atoms with Crippen molar-refractivity contribution in [1.82, 2.24) is 15.0 Å². The number of hydrogen-bond acceptors (Lipinski definition) is 2. The number of imidazole rings is 1. The lowest BCUT2D eigenvalue weighted by Gasteiger charge is -1.88. The highest BCUT2D eigenvalue weighted by atomic mass is 14.9. The summed E-state index contributed by atoms with van der Waals surface area (Å²) in [5, 5.41) is 0. The smallest absolute Gasteiger partial charge is 0.104 e. The van der Waals surface area contributed by atoms with Crippen molar-refractivity contribution in [3.8, 4) is 0 Å². The fraction of sp³-hybridized carbons (Fsp3) is 0.500. The van der Waals surface area contributed by atoms with Crippen molar-refractivity contribution in [2.45, 2.75) is 41.5 Å². The van der Waals surface area contributed by atoms with E-state index < -0.39 is 0 Å². The van der Waals surface area contributed by atoms with Crippen LogP contribution >= 0.6 is 0 Å². The SMILES string of the molecule is CC.CC.Cc1cc2nc(C)[nH]c2cn1. The third-order valence-electron chi connectivity index (χ3n) is 1.62. The van der Waals surface area contributed by atoms with Gasteiger partial charge in [-0.1, -0.05) is 27.7 Å². The maximum atomic E-state index is 4.28. The Bertz CT molecular complexity index is 391. The van der Waals surface area contributed by atoms with E-state index in [2.05, 4.69) is 15.0 Å². The summed E-state index contributed by atoms with van der Waals surface area (Å²) < 4.78 is 0. The van der Waals surface area contributed by atoms with E-state index >= 15 is 0 Å². The Morgan fingerprint density at radius 2 is 1.67 bits per heavy atom. The molecule has 1 N–H and O–H groups in total. The fourth-order valence-electron chi connectivity index (χ4n) is 1.14. The molecule has 0 aliphatic rings. The van der Waals surface area contributed by atoms with Gasteiger partial charge in [0.2, 0.25) is 0 Å². The summed E-state index contributed by atoms with van der Waals surface area (Å²) in [6, 6.07) is 1.97. The zero-order valence-electron chi connectivity index (χ0n) is 10.5. The van der Waals surface area contributed by atoms with E-state index in [9.17, 15) is 0 Å². The van der Waals surface area contributed by atoms with E-state index in [0.29, 0.717) is 0 Å². The lowest BCUT2D eigenvalue weighted by atomic mass is 10.3. The maximum Gasteiger partial charge on any atom is 0.104 e. The van der Waals surface area contributed by atoms with E-state index in [4.69, 9.17) is 0 Å². The highest BCUT2D eigenvalue weighted by molar-refractivity contribution is 5.74. The Hall–Kier alpha value is -1.38. The van der Waals surface area contributed by atoms with Gasteiger partial charge in [-0.2, -0.15) is 0 Å². The lowest BCUT2D eigenvalue weighted by Crippen LogP contribution is -1.78. The number of pyridine rings is 1. The van der Waals surface area contributed by atoms with Crippen LogP contribution in [0.1, 0.15) is 39.2 Å². The number of H-pyrrole nitrogens is 1. The number of aromatic nitrogens is 3. The van der Waals surface area contributed by atoms with Crippen LogP contribution in [0.25, 0.3) is 11.0 Å². The molecular weight excluding hydrogens is 186 g/mol. The Morgan fingerprint density at radius 3 is 2.27 bits per heavy atom. The molecule has 0 saturated heterocycles. The lowest BCUT2D eigenvalue weighted by molar-refractivity contribution is 1.17. The van der Waals surface area contributed by atoms with Crippen LogP contribution in [0.2, 0.25) is 0 Å². The summed E-state index contributed by atoms with van der Waals surface area (Å²) in [5.41, 5.74) is 3.01.